The van der Waals surface area contributed by atoms with Crippen LogP contribution in [-0.4, -0.2) is 10.9 Å². The Balaban J connectivity index is 2.10. The molecular weight excluding hydrogens is 416 g/mol. The van der Waals surface area contributed by atoms with Gasteiger partial charge in [0.1, 0.15) is 0 Å². The average molecular weight is 428 g/mol. The fourth-order valence-electron chi connectivity index (χ4n) is 1.80. The number of halogens is 2. The third kappa shape index (κ3) is 4.91. The molecule has 0 spiro atoms. The van der Waals surface area contributed by atoms with E-state index in [1.54, 1.807) is 12.1 Å². The summed E-state index contributed by atoms with van der Waals surface area (Å²) in [5, 5.41) is 2.85. The van der Waals surface area contributed by atoms with Crippen molar-refractivity contribution in [1.82, 2.24) is 0 Å². The summed E-state index contributed by atoms with van der Waals surface area (Å²) in [6.07, 6.45) is 0.558. The third-order valence-corrected chi connectivity index (χ3v) is 3.77. The van der Waals surface area contributed by atoms with Crippen LogP contribution in [0.3, 0.4) is 0 Å². The largest absolute Gasteiger partial charge is 0.393 e. The molecule has 0 aromatic heterocycles. The number of hydrogen-bond donors (Lipinski definition) is 2. The Morgan fingerprint density at radius 1 is 1.10 bits per heavy atom. The van der Waals surface area contributed by atoms with E-state index in [1.807, 2.05) is 30.3 Å². The lowest BCUT2D eigenvalue weighted by Crippen LogP contribution is -2.13. The van der Waals surface area contributed by atoms with Crippen LogP contribution in [-0.2, 0) is 6.42 Å². The Hall–Kier alpha value is -1.24. The molecule has 0 radical (unpaired) electrons. The summed E-state index contributed by atoms with van der Waals surface area (Å²) in [4.78, 5) is 12.6. The van der Waals surface area contributed by atoms with Crippen molar-refractivity contribution in [3.05, 3.63) is 62.5 Å². The molecule has 0 saturated heterocycles. The second-order valence-corrected chi connectivity index (χ2v) is 6.81. The maximum Gasteiger partial charge on any atom is 0.255 e. The first kappa shape index (κ1) is 16.1. The highest BCUT2D eigenvalue weighted by molar-refractivity contribution is 9.11. The summed E-state index contributed by atoms with van der Waals surface area (Å²) in [7, 11) is 0. The monoisotopic (exact) mass is 426 g/mol. The normalized spacial score (nSPS) is 10.2. The highest BCUT2D eigenvalue weighted by Crippen LogP contribution is 2.21. The SMILES string of the molecule is NC(=S)Cc1ccc(NC(=O)c2cc(Br)cc(Br)c2)cc1. The number of nitrogens with two attached hydrogens (primary N) is 1. The molecule has 0 aliphatic heterocycles. The standard InChI is InChI=1S/C15H12Br2N2OS/c16-11-6-10(7-12(17)8-11)15(20)19-13-3-1-9(2-4-13)5-14(18)21/h1-4,6-8H,5H2,(H2,18,21)(H,19,20). The number of anilines is 1. The molecule has 0 heterocycles. The second kappa shape index (κ2) is 7.15. The van der Waals surface area contributed by atoms with Crippen LogP contribution < -0.4 is 11.1 Å². The average Bonchev–Trinajstić information content (AvgIpc) is 2.39. The highest BCUT2D eigenvalue weighted by atomic mass is 79.9. The fraction of sp³-hybridized carbons (Fsp3) is 0.0667. The van der Waals surface area contributed by atoms with E-state index in [2.05, 4.69) is 37.2 Å². The lowest BCUT2D eigenvalue weighted by molar-refractivity contribution is 0.102. The molecule has 2 rings (SSSR count). The topological polar surface area (TPSA) is 55.1 Å². The number of thiocarbonyl (C=S) groups is 1. The molecule has 2 aromatic rings. The first-order valence-electron chi connectivity index (χ1n) is 6.09. The molecule has 0 aliphatic rings. The second-order valence-electron chi connectivity index (χ2n) is 4.45. The molecule has 2 aromatic carbocycles. The van der Waals surface area contributed by atoms with Crippen LogP contribution in [0.2, 0.25) is 0 Å². The van der Waals surface area contributed by atoms with Gasteiger partial charge in [-0.25, -0.2) is 0 Å². The fourth-order valence-corrected chi connectivity index (χ4v) is 3.26. The van der Waals surface area contributed by atoms with Crippen molar-refractivity contribution < 1.29 is 4.79 Å². The van der Waals surface area contributed by atoms with Gasteiger partial charge in [-0.3, -0.25) is 4.79 Å². The van der Waals surface area contributed by atoms with Crippen molar-refractivity contribution in [2.75, 3.05) is 5.32 Å². The number of nitrogens with one attached hydrogen (secondary N) is 1. The molecule has 0 saturated carbocycles. The first-order chi connectivity index (χ1) is 9.94. The minimum Gasteiger partial charge on any atom is -0.393 e. The minimum absolute atomic E-state index is 0.168. The highest BCUT2D eigenvalue weighted by Gasteiger charge is 2.08. The molecule has 3 nitrogen and oxygen atoms in total. The predicted molar refractivity (Wildman–Crippen MR) is 96.7 cm³/mol. The number of amides is 1. The van der Waals surface area contributed by atoms with Crippen molar-refractivity contribution in [2.24, 2.45) is 5.73 Å². The predicted octanol–water partition coefficient (Wildman–Crippen LogP) is 4.29. The maximum atomic E-state index is 12.2. The summed E-state index contributed by atoms with van der Waals surface area (Å²) >= 11 is 11.6. The quantitative estimate of drug-likeness (QED) is 0.715. The van der Waals surface area contributed by atoms with Gasteiger partial charge < -0.3 is 11.1 Å². The molecule has 21 heavy (non-hydrogen) atoms. The zero-order valence-corrected chi connectivity index (χ0v) is 14.9. The van der Waals surface area contributed by atoms with Crippen LogP contribution in [0.25, 0.3) is 0 Å². The molecule has 6 heteroatoms. The van der Waals surface area contributed by atoms with Crippen molar-refractivity contribution in [3.8, 4) is 0 Å². The van der Waals surface area contributed by atoms with Crippen LogP contribution in [0.15, 0.2) is 51.4 Å². The number of rotatable bonds is 4. The first-order valence-corrected chi connectivity index (χ1v) is 8.08. The van der Waals surface area contributed by atoms with E-state index in [-0.39, 0.29) is 5.91 Å². The molecule has 108 valence electrons. The van der Waals surface area contributed by atoms with Crippen LogP contribution in [0.1, 0.15) is 15.9 Å². The van der Waals surface area contributed by atoms with E-state index >= 15 is 0 Å². The lowest BCUT2D eigenvalue weighted by atomic mass is 10.1. The Labute approximate surface area is 145 Å². The number of carbonyl (C=O) groups excluding carboxylic acids is 1. The molecule has 0 unspecified atom stereocenters. The van der Waals surface area contributed by atoms with Crippen molar-refractivity contribution >= 4 is 60.7 Å². The Bertz CT molecular complexity index is 666. The minimum atomic E-state index is -0.168. The number of carbonyl (C=O) groups is 1. The van der Waals surface area contributed by atoms with Crippen LogP contribution >= 0.6 is 44.1 Å². The maximum absolute atomic E-state index is 12.2. The number of benzene rings is 2. The van der Waals surface area contributed by atoms with Gasteiger partial charge in [0.15, 0.2) is 0 Å². The molecule has 1 amide bonds. The van der Waals surface area contributed by atoms with Gasteiger partial charge in [0.2, 0.25) is 0 Å². The molecular formula is C15H12Br2N2OS. The van der Waals surface area contributed by atoms with Crippen LogP contribution in [0, 0.1) is 0 Å². The molecule has 0 atom stereocenters. The van der Waals surface area contributed by atoms with Gasteiger partial charge in [0, 0.05) is 26.6 Å². The van der Waals surface area contributed by atoms with Gasteiger partial charge in [0.05, 0.1) is 4.99 Å². The van der Waals surface area contributed by atoms with Gasteiger partial charge >= 0.3 is 0 Å². The van der Waals surface area contributed by atoms with E-state index in [1.165, 1.54) is 0 Å². The van der Waals surface area contributed by atoms with Crippen LogP contribution in [0.4, 0.5) is 5.69 Å². The molecule has 0 fully saturated rings. The van der Waals surface area contributed by atoms with Gasteiger partial charge in [-0.1, -0.05) is 56.2 Å². The summed E-state index contributed by atoms with van der Waals surface area (Å²) in [6, 6.07) is 12.9. The Kier molecular flexibility index (Phi) is 5.50. The van der Waals surface area contributed by atoms with E-state index < -0.39 is 0 Å². The lowest BCUT2D eigenvalue weighted by Gasteiger charge is -2.07. The van der Waals surface area contributed by atoms with Crippen molar-refractivity contribution in [2.45, 2.75) is 6.42 Å². The molecule has 0 aliphatic carbocycles. The summed E-state index contributed by atoms with van der Waals surface area (Å²) in [6.45, 7) is 0. The van der Waals surface area contributed by atoms with Crippen LogP contribution in [0.5, 0.6) is 0 Å². The van der Waals surface area contributed by atoms with E-state index in [0.29, 0.717) is 17.0 Å². The van der Waals surface area contributed by atoms with Gasteiger partial charge in [-0.2, -0.15) is 0 Å². The Morgan fingerprint density at radius 3 is 2.19 bits per heavy atom. The van der Waals surface area contributed by atoms with Gasteiger partial charge in [-0.15, -0.1) is 0 Å². The van der Waals surface area contributed by atoms with E-state index in [0.717, 1.165) is 20.2 Å². The molecule has 3 N–H and O–H groups in total. The van der Waals surface area contributed by atoms with E-state index in [4.69, 9.17) is 18.0 Å². The Morgan fingerprint density at radius 2 is 1.67 bits per heavy atom. The summed E-state index contributed by atoms with van der Waals surface area (Å²) < 4.78 is 1.68. The summed E-state index contributed by atoms with van der Waals surface area (Å²) in [5.41, 5.74) is 7.82. The van der Waals surface area contributed by atoms with Crippen molar-refractivity contribution in [1.29, 1.82) is 0 Å². The van der Waals surface area contributed by atoms with E-state index in [9.17, 15) is 4.79 Å². The van der Waals surface area contributed by atoms with Crippen molar-refractivity contribution in [3.63, 3.8) is 0 Å². The zero-order valence-electron chi connectivity index (χ0n) is 10.9. The zero-order chi connectivity index (χ0) is 15.4. The third-order valence-electron chi connectivity index (χ3n) is 2.71. The number of hydrogen-bond acceptors (Lipinski definition) is 2. The summed E-state index contributed by atoms with van der Waals surface area (Å²) in [5.74, 6) is -0.168. The molecule has 0 bridgehead atoms. The smallest absolute Gasteiger partial charge is 0.255 e. The van der Waals surface area contributed by atoms with Gasteiger partial charge in [0.25, 0.3) is 5.91 Å². The van der Waals surface area contributed by atoms with Gasteiger partial charge in [-0.05, 0) is 35.9 Å².